The van der Waals surface area contributed by atoms with Crippen molar-refractivity contribution in [2.24, 2.45) is 17.8 Å². The number of hydrogen-bond acceptors (Lipinski definition) is 2. The fourth-order valence-corrected chi connectivity index (χ4v) is 2.40. The minimum atomic E-state index is -0.298. The number of hydrogen-bond donors (Lipinski definition) is 0. The Hall–Kier alpha value is -0.500. The molecule has 2 nitrogen and oxygen atoms in total. The first-order valence-electron chi connectivity index (χ1n) is 4.69. The van der Waals surface area contributed by atoms with Crippen LogP contribution in [0.1, 0.15) is 12.8 Å². The van der Waals surface area contributed by atoms with Crippen molar-refractivity contribution in [3.63, 3.8) is 0 Å². The van der Waals surface area contributed by atoms with E-state index in [4.69, 9.17) is 16.3 Å². The SMILES string of the molecule is O=C(CCl)OC[C@@H]1C[C@H]2C=C[C@@H]1C2. The molecule has 2 aliphatic carbocycles. The van der Waals surface area contributed by atoms with Crippen molar-refractivity contribution in [3.8, 4) is 0 Å². The van der Waals surface area contributed by atoms with Gasteiger partial charge in [0.05, 0.1) is 6.61 Å². The summed E-state index contributed by atoms with van der Waals surface area (Å²) in [4.78, 5) is 10.8. The van der Waals surface area contributed by atoms with Crippen LogP contribution in [0.4, 0.5) is 0 Å². The zero-order valence-electron chi connectivity index (χ0n) is 7.41. The van der Waals surface area contributed by atoms with E-state index >= 15 is 0 Å². The van der Waals surface area contributed by atoms with Gasteiger partial charge < -0.3 is 4.74 Å². The molecule has 0 unspecified atom stereocenters. The van der Waals surface area contributed by atoms with Crippen molar-refractivity contribution in [1.82, 2.24) is 0 Å². The summed E-state index contributed by atoms with van der Waals surface area (Å²) in [5.74, 6) is 1.60. The van der Waals surface area contributed by atoms with E-state index in [-0.39, 0.29) is 11.8 Å². The second-order valence-corrected chi connectivity index (χ2v) is 4.12. The molecule has 1 saturated carbocycles. The molecule has 3 heteroatoms. The minimum absolute atomic E-state index is 0.0311. The van der Waals surface area contributed by atoms with Gasteiger partial charge >= 0.3 is 5.97 Å². The van der Waals surface area contributed by atoms with Crippen LogP contribution in [0, 0.1) is 17.8 Å². The molecule has 2 rings (SSSR count). The van der Waals surface area contributed by atoms with Crippen molar-refractivity contribution in [3.05, 3.63) is 12.2 Å². The third-order valence-electron chi connectivity index (χ3n) is 2.98. The highest BCUT2D eigenvalue weighted by atomic mass is 35.5. The van der Waals surface area contributed by atoms with Gasteiger partial charge in [-0.2, -0.15) is 0 Å². The first kappa shape index (κ1) is 9.07. The summed E-state index contributed by atoms with van der Waals surface area (Å²) in [6, 6.07) is 0. The Labute approximate surface area is 82.9 Å². The van der Waals surface area contributed by atoms with Crippen molar-refractivity contribution < 1.29 is 9.53 Å². The number of esters is 1. The fraction of sp³-hybridized carbons (Fsp3) is 0.700. The van der Waals surface area contributed by atoms with Crippen LogP contribution in [0.15, 0.2) is 12.2 Å². The smallest absolute Gasteiger partial charge is 0.320 e. The number of halogens is 1. The Morgan fingerprint density at radius 2 is 2.31 bits per heavy atom. The van der Waals surface area contributed by atoms with Gasteiger partial charge in [-0.15, -0.1) is 11.6 Å². The van der Waals surface area contributed by atoms with Crippen LogP contribution in [-0.2, 0) is 9.53 Å². The molecule has 0 aromatic carbocycles. The Kier molecular flexibility index (Phi) is 2.58. The van der Waals surface area contributed by atoms with E-state index in [1.807, 2.05) is 0 Å². The van der Waals surface area contributed by atoms with E-state index in [0.29, 0.717) is 18.4 Å². The predicted octanol–water partition coefficient (Wildman–Crippen LogP) is 1.98. The van der Waals surface area contributed by atoms with E-state index in [2.05, 4.69) is 12.2 Å². The molecule has 0 aromatic heterocycles. The predicted molar refractivity (Wildman–Crippen MR) is 50.5 cm³/mol. The zero-order chi connectivity index (χ0) is 9.26. The average molecular weight is 201 g/mol. The number of rotatable bonds is 3. The highest BCUT2D eigenvalue weighted by Crippen LogP contribution is 2.43. The first-order valence-corrected chi connectivity index (χ1v) is 5.23. The van der Waals surface area contributed by atoms with Gasteiger partial charge in [0, 0.05) is 0 Å². The molecule has 3 atom stereocenters. The standard InChI is InChI=1S/C10H13ClO2/c11-5-10(12)13-6-9-4-7-1-2-8(9)3-7/h1-2,7-9H,3-6H2/t7-,8+,9-/m0/s1. The number of ether oxygens (including phenoxy) is 1. The average Bonchev–Trinajstić information content (AvgIpc) is 2.74. The molecule has 0 aromatic rings. The van der Waals surface area contributed by atoms with E-state index in [0.717, 1.165) is 5.92 Å². The molecule has 1 fully saturated rings. The molecule has 0 spiro atoms. The van der Waals surface area contributed by atoms with Gasteiger partial charge in [-0.3, -0.25) is 4.79 Å². The van der Waals surface area contributed by atoms with Gasteiger partial charge in [0.2, 0.25) is 0 Å². The molecule has 0 aliphatic heterocycles. The number of carbonyl (C=O) groups excluding carboxylic acids is 1. The maximum absolute atomic E-state index is 10.8. The molecule has 0 N–H and O–H groups in total. The highest BCUT2D eigenvalue weighted by Gasteiger charge is 2.35. The summed E-state index contributed by atoms with van der Waals surface area (Å²) < 4.78 is 5.02. The van der Waals surface area contributed by atoms with Crippen molar-refractivity contribution in [1.29, 1.82) is 0 Å². The normalized spacial score (nSPS) is 35.3. The first-order chi connectivity index (χ1) is 6.29. The monoisotopic (exact) mass is 200 g/mol. The van der Waals surface area contributed by atoms with Gasteiger partial charge in [-0.1, -0.05) is 12.2 Å². The van der Waals surface area contributed by atoms with Crippen LogP contribution >= 0.6 is 11.6 Å². The summed E-state index contributed by atoms with van der Waals surface area (Å²) >= 11 is 5.33. The van der Waals surface area contributed by atoms with Gasteiger partial charge in [0.25, 0.3) is 0 Å². The molecule has 72 valence electrons. The number of allylic oxidation sites excluding steroid dienone is 2. The molecule has 0 saturated heterocycles. The van der Waals surface area contributed by atoms with Crippen molar-refractivity contribution in [2.45, 2.75) is 12.8 Å². The summed E-state index contributed by atoms with van der Waals surface area (Å²) in [7, 11) is 0. The summed E-state index contributed by atoms with van der Waals surface area (Å²) in [5, 5.41) is 0. The summed E-state index contributed by atoms with van der Waals surface area (Å²) in [6.07, 6.45) is 6.97. The third kappa shape index (κ3) is 1.88. The van der Waals surface area contributed by atoms with Crippen molar-refractivity contribution in [2.75, 3.05) is 12.5 Å². The van der Waals surface area contributed by atoms with Crippen LogP contribution in [0.25, 0.3) is 0 Å². The Morgan fingerprint density at radius 3 is 2.85 bits per heavy atom. The Morgan fingerprint density at radius 1 is 1.46 bits per heavy atom. The number of carbonyl (C=O) groups is 1. The van der Waals surface area contributed by atoms with Gasteiger partial charge in [0.15, 0.2) is 0 Å². The lowest BCUT2D eigenvalue weighted by Crippen LogP contribution is -2.18. The third-order valence-corrected chi connectivity index (χ3v) is 3.20. The maximum atomic E-state index is 10.8. The van der Waals surface area contributed by atoms with Gasteiger partial charge in [0.1, 0.15) is 5.88 Å². The largest absolute Gasteiger partial charge is 0.464 e. The van der Waals surface area contributed by atoms with Gasteiger partial charge in [-0.25, -0.2) is 0 Å². The number of fused-ring (bicyclic) bond motifs is 2. The number of alkyl halides is 1. The van der Waals surface area contributed by atoms with Crippen molar-refractivity contribution >= 4 is 17.6 Å². The fourth-order valence-electron chi connectivity index (χ4n) is 2.32. The molecular formula is C10H13ClO2. The molecule has 0 heterocycles. The van der Waals surface area contributed by atoms with E-state index < -0.39 is 0 Å². The second-order valence-electron chi connectivity index (χ2n) is 3.86. The van der Waals surface area contributed by atoms with E-state index in [9.17, 15) is 4.79 Å². The van der Waals surface area contributed by atoms with Crippen LogP contribution in [0.5, 0.6) is 0 Å². The van der Waals surface area contributed by atoms with Crippen LogP contribution in [0.2, 0.25) is 0 Å². The lowest BCUT2D eigenvalue weighted by molar-refractivity contribution is -0.142. The topological polar surface area (TPSA) is 26.3 Å². The maximum Gasteiger partial charge on any atom is 0.320 e. The second kappa shape index (κ2) is 3.70. The Balaban J connectivity index is 1.78. The molecular weight excluding hydrogens is 188 g/mol. The molecule has 2 aliphatic rings. The quantitative estimate of drug-likeness (QED) is 0.396. The van der Waals surface area contributed by atoms with Crippen LogP contribution in [0.3, 0.4) is 0 Å². The molecule has 13 heavy (non-hydrogen) atoms. The lowest BCUT2D eigenvalue weighted by Gasteiger charge is -2.17. The van der Waals surface area contributed by atoms with E-state index in [1.54, 1.807) is 0 Å². The van der Waals surface area contributed by atoms with Crippen LogP contribution < -0.4 is 0 Å². The van der Waals surface area contributed by atoms with Gasteiger partial charge in [-0.05, 0) is 30.6 Å². The Bertz CT molecular complexity index is 237. The highest BCUT2D eigenvalue weighted by molar-refractivity contribution is 6.26. The van der Waals surface area contributed by atoms with Crippen LogP contribution in [-0.4, -0.2) is 18.5 Å². The molecule has 2 bridgehead atoms. The lowest BCUT2D eigenvalue weighted by atomic mass is 9.95. The summed E-state index contributed by atoms with van der Waals surface area (Å²) in [5.41, 5.74) is 0. The van der Waals surface area contributed by atoms with E-state index in [1.165, 1.54) is 12.8 Å². The minimum Gasteiger partial charge on any atom is -0.464 e. The zero-order valence-corrected chi connectivity index (χ0v) is 8.17. The molecule has 0 amide bonds. The molecule has 0 radical (unpaired) electrons. The summed E-state index contributed by atoms with van der Waals surface area (Å²) in [6.45, 7) is 0.553.